The third kappa shape index (κ3) is 2.98. The molecule has 3 N–H and O–H groups in total. The molecule has 5 nitrogen and oxygen atoms in total. The van der Waals surface area contributed by atoms with Gasteiger partial charge in [0.05, 0.1) is 6.04 Å². The predicted octanol–water partition coefficient (Wildman–Crippen LogP) is 1.68. The summed E-state index contributed by atoms with van der Waals surface area (Å²) in [6.07, 6.45) is 5.13. The molecule has 0 aliphatic carbocycles. The molecule has 0 spiro atoms. The highest BCUT2D eigenvalue weighted by atomic mass is 32.1. The lowest BCUT2D eigenvalue weighted by Crippen LogP contribution is -2.15. The fourth-order valence-corrected chi connectivity index (χ4v) is 1.61. The fraction of sp³-hybridized carbons (Fsp3) is 0.167. The first-order valence-electron chi connectivity index (χ1n) is 5.46. The van der Waals surface area contributed by atoms with E-state index in [2.05, 4.69) is 20.3 Å². The third-order valence-electron chi connectivity index (χ3n) is 2.46. The normalized spacial score (nSPS) is 11.8. The zero-order chi connectivity index (χ0) is 13.0. The molecule has 0 aromatic carbocycles. The van der Waals surface area contributed by atoms with E-state index in [9.17, 15) is 0 Å². The first-order valence-corrected chi connectivity index (χ1v) is 5.87. The van der Waals surface area contributed by atoms with Gasteiger partial charge < -0.3 is 11.1 Å². The number of thiocarbonyl (C=S) groups is 1. The lowest BCUT2D eigenvalue weighted by atomic mass is 10.1. The first-order chi connectivity index (χ1) is 8.66. The number of nitrogens with two attached hydrogens (primary N) is 1. The molecule has 18 heavy (non-hydrogen) atoms. The van der Waals surface area contributed by atoms with Crippen LogP contribution in [0.5, 0.6) is 0 Å². The maximum absolute atomic E-state index is 5.53. The molecule has 0 aliphatic rings. The molecular weight excluding hydrogens is 246 g/mol. The summed E-state index contributed by atoms with van der Waals surface area (Å²) in [7, 11) is 0. The van der Waals surface area contributed by atoms with Gasteiger partial charge in [0.2, 0.25) is 5.95 Å². The van der Waals surface area contributed by atoms with Crippen LogP contribution in [0, 0.1) is 0 Å². The van der Waals surface area contributed by atoms with Crippen LogP contribution in [-0.4, -0.2) is 19.9 Å². The Morgan fingerprint density at radius 2 is 2.00 bits per heavy atom. The van der Waals surface area contributed by atoms with Gasteiger partial charge in [0, 0.05) is 18.6 Å². The second-order valence-corrected chi connectivity index (χ2v) is 4.22. The van der Waals surface area contributed by atoms with E-state index in [0.717, 1.165) is 5.56 Å². The van der Waals surface area contributed by atoms with Gasteiger partial charge in [-0.15, -0.1) is 0 Å². The Morgan fingerprint density at radius 3 is 2.67 bits per heavy atom. The van der Waals surface area contributed by atoms with Crippen LogP contribution >= 0.6 is 12.2 Å². The number of pyridine rings is 1. The number of anilines is 1. The van der Waals surface area contributed by atoms with Crippen molar-refractivity contribution >= 4 is 23.2 Å². The molecule has 2 rings (SSSR count). The van der Waals surface area contributed by atoms with Crippen LogP contribution in [0.1, 0.15) is 24.2 Å². The molecule has 2 aromatic heterocycles. The smallest absolute Gasteiger partial charge is 0.223 e. The quantitative estimate of drug-likeness (QED) is 0.813. The molecule has 0 saturated carbocycles. The summed E-state index contributed by atoms with van der Waals surface area (Å²) in [6, 6.07) is 5.64. The summed E-state index contributed by atoms with van der Waals surface area (Å²) in [5.74, 6) is 0.504. The Hall–Kier alpha value is -2.08. The molecular formula is C12H13N5S. The second-order valence-electron chi connectivity index (χ2n) is 3.78. The highest BCUT2D eigenvalue weighted by Gasteiger charge is 2.07. The summed E-state index contributed by atoms with van der Waals surface area (Å²) in [6.45, 7) is 2.02. The van der Waals surface area contributed by atoms with E-state index in [4.69, 9.17) is 18.0 Å². The van der Waals surface area contributed by atoms with Crippen LogP contribution in [-0.2, 0) is 0 Å². The van der Waals surface area contributed by atoms with Crippen LogP contribution < -0.4 is 11.1 Å². The van der Waals surface area contributed by atoms with E-state index >= 15 is 0 Å². The summed E-state index contributed by atoms with van der Waals surface area (Å²) in [4.78, 5) is 12.6. The number of nitrogens with one attached hydrogen (secondary N) is 1. The minimum absolute atomic E-state index is 0.0783. The zero-order valence-electron chi connectivity index (χ0n) is 9.87. The molecule has 2 heterocycles. The lowest BCUT2D eigenvalue weighted by molar-refractivity contribution is 0.856. The number of aromatic nitrogens is 3. The standard InChI is InChI=1S/C12H13N5S/c1-8(9-2-5-14-6-3-9)16-12-15-7-4-10(17-12)11(13)18/h2-8H,1H3,(H2,13,18)(H,15,16,17). The third-order valence-corrected chi connectivity index (χ3v) is 2.67. The maximum atomic E-state index is 5.53. The monoisotopic (exact) mass is 259 g/mol. The van der Waals surface area contributed by atoms with Crippen molar-refractivity contribution in [3.8, 4) is 0 Å². The van der Waals surface area contributed by atoms with Gasteiger partial charge in [-0.25, -0.2) is 9.97 Å². The van der Waals surface area contributed by atoms with Crippen molar-refractivity contribution in [2.75, 3.05) is 5.32 Å². The Kier molecular flexibility index (Phi) is 3.78. The van der Waals surface area contributed by atoms with E-state index in [1.165, 1.54) is 0 Å². The van der Waals surface area contributed by atoms with Gasteiger partial charge in [-0.3, -0.25) is 4.98 Å². The first kappa shape index (κ1) is 12.4. The Morgan fingerprint density at radius 1 is 1.28 bits per heavy atom. The topological polar surface area (TPSA) is 76.7 Å². The Balaban J connectivity index is 2.14. The van der Waals surface area contributed by atoms with Crippen molar-refractivity contribution < 1.29 is 0 Å². The average molecular weight is 259 g/mol. The molecule has 92 valence electrons. The van der Waals surface area contributed by atoms with Gasteiger partial charge in [0.25, 0.3) is 0 Å². The fourth-order valence-electron chi connectivity index (χ4n) is 1.49. The summed E-state index contributed by atoms with van der Waals surface area (Å²) in [5.41, 5.74) is 7.20. The highest BCUT2D eigenvalue weighted by molar-refractivity contribution is 7.80. The van der Waals surface area contributed by atoms with Crippen molar-refractivity contribution in [3.05, 3.63) is 48.0 Å². The Labute approximate surface area is 110 Å². The molecule has 0 fully saturated rings. The van der Waals surface area contributed by atoms with Gasteiger partial charge in [-0.1, -0.05) is 12.2 Å². The number of hydrogen-bond acceptors (Lipinski definition) is 5. The summed E-state index contributed by atoms with van der Waals surface area (Å²) < 4.78 is 0. The van der Waals surface area contributed by atoms with Crippen LogP contribution in [0.4, 0.5) is 5.95 Å². The maximum Gasteiger partial charge on any atom is 0.223 e. The number of rotatable bonds is 4. The van der Waals surface area contributed by atoms with Crippen LogP contribution in [0.15, 0.2) is 36.8 Å². The number of nitrogens with zero attached hydrogens (tertiary/aromatic N) is 3. The average Bonchev–Trinajstić information content (AvgIpc) is 2.40. The van der Waals surface area contributed by atoms with E-state index in [1.54, 1.807) is 24.7 Å². The molecule has 0 amide bonds. The van der Waals surface area contributed by atoms with Crippen molar-refractivity contribution in [2.24, 2.45) is 5.73 Å². The summed E-state index contributed by atoms with van der Waals surface area (Å²) in [5, 5.41) is 3.19. The van der Waals surface area contributed by atoms with E-state index in [0.29, 0.717) is 11.6 Å². The highest BCUT2D eigenvalue weighted by Crippen LogP contribution is 2.15. The van der Waals surface area contributed by atoms with Crippen molar-refractivity contribution in [1.82, 2.24) is 15.0 Å². The zero-order valence-corrected chi connectivity index (χ0v) is 10.7. The number of hydrogen-bond donors (Lipinski definition) is 2. The summed E-state index contributed by atoms with van der Waals surface area (Å²) >= 11 is 4.88. The van der Waals surface area contributed by atoms with E-state index < -0.39 is 0 Å². The van der Waals surface area contributed by atoms with Crippen molar-refractivity contribution in [3.63, 3.8) is 0 Å². The van der Waals surface area contributed by atoms with Gasteiger partial charge >= 0.3 is 0 Å². The second kappa shape index (κ2) is 5.50. The van der Waals surface area contributed by atoms with Gasteiger partial charge in [0.1, 0.15) is 10.7 Å². The minimum atomic E-state index is 0.0783. The van der Waals surface area contributed by atoms with E-state index in [-0.39, 0.29) is 11.0 Å². The Bertz CT molecular complexity index is 543. The molecule has 1 atom stereocenters. The largest absolute Gasteiger partial charge is 0.388 e. The van der Waals surface area contributed by atoms with Gasteiger partial charge in [0.15, 0.2) is 0 Å². The minimum Gasteiger partial charge on any atom is -0.388 e. The van der Waals surface area contributed by atoms with Gasteiger partial charge in [-0.2, -0.15) is 0 Å². The molecule has 0 saturated heterocycles. The lowest BCUT2D eigenvalue weighted by Gasteiger charge is -2.14. The van der Waals surface area contributed by atoms with Crippen LogP contribution in [0.3, 0.4) is 0 Å². The van der Waals surface area contributed by atoms with Crippen LogP contribution in [0.25, 0.3) is 0 Å². The molecule has 0 radical (unpaired) electrons. The van der Waals surface area contributed by atoms with E-state index in [1.807, 2.05) is 19.1 Å². The molecule has 1 unspecified atom stereocenters. The molecule has 0 aliphatic heterocycles. The van der Waals surface area contributed by atoms with Crippen molar-refractivity contribution in [2.45, 2.75) is 13.0 Å². The molecule has 6 heteroatoms. The van der Waals surface area contributed by atoms with Crippen molar-refractivity contribution in [1.29, 1.82) is 0 Å². The molecule has 0 bridgehead atoms. The van der Waals surface area contributed by atoms with Crippen LogP contribution in [0.2, 0.25) is 0 Å². The predicted molar refractivity (Wildman–Crippen MR) is 74.2 cm³/mol. The van der Waals surface area contributed by atoms with Gasteiger partial charge in [-0.05, 0) is 30.7 Å². The SMILES string of the molecule is CC(Nc1nccc(C(N)=S)n1)c1ccncc1. The molecule has 2 aromatic rings.